The number of aryl methyl sites for hydroxylation is 4. The third kappa shape index (κ3) is 15.2. The van der Waals surface area contributed by atoms with E-state index in [1.165, 1.54) is 228 Å². The van der Waals surface area contributed by atoms with Crippen LogP contribution in [0.1, 0.15) is 195 Å². The zero-order chi connectivity index (χ0) is 65.2. The average Bonchev–Trinajstić information content (AvgIpc) is 0.820. The fraction of sp³-hybridized carbons (Fsp3) is 0.298. The molecule has 96 heavy (non-hydrogen) atoms. The van der Waals surface area contributed by atoms with Crippen LogP contribution >= 0.6 is 0 Å². The molecule has 0 saturated heterocycles. The number of anilines is 6. The van der Waals surface area contributed by atoms with Gasteiger partial charge in [0, 0.05) is 33.5 Å². The lowest BCUT2D eigenvalue weighted by Gasteiger charge is -2.31. The van der Waals surface area contributed by atoms with Crippen LogP contribution < -0.4 is 9.80 Å². The number of nitrogens with zero attached hydrogens (tertiary/aromatic N) is 2. The summed E-state index contributed by atoms with van der Waals surface area (Å²) in [5.41, 5.74) is 28.3. The standard InChI is InChI=1S/C94H98N2/c1-67-29-45-79(46-30-67)89(75-19-9-5-10-20-75)63-71-37-53-83(54-38-71)95(84-55-39-72(40-56-84)64-90(76-21-11-6-12-22-76)80-47-31-68(2)32-48-80)93-61-62-94(88-28-18-17-27-87(88)93)96(85-57-41-73(42-58-85)65-91(77-23-13-7-14-24-77)81-49-33-69(3)34-50-81)86-59-43-74(44-60-86)66-92(78-25-15-8-16-26-78)82-51-35-70(4)36-52-82/h17-18,27-66,75-78H,5-16,19-26H2,1-4H3. The van der Waals surface area contributed by atoms with E-state index in [0.29, 0.717) is 23.7 Å². The molecule has 10 aromatic carbocycles. The zero-order valence-corrected chi connectivity index (χ0v) is 57.6. The third-order valence-corrected chi connectivity index (χ3v) is 22.0. The molecule has 0 spiro atoms. The van der Waals surface area contributed by atoms with Gasteiger partial charge in [0.15, 0.2) is 0 Å². The summed E-state index contributed by atoms with van der Waals surface area (Å²) >= 11 is 0. The number of fused-ring (bicyclic) bond motifs is 1. The fourth-order valence-corrected chi connectivity index (χ4v) is 16.5. The van der Waals surface area contributed by atoms with E-state index in [1.807, 2.05) is 0 Å². The zero-order valence-electron chi connectivity index (χ0n) is 57.6. The normalized spacial score (nSPS) is 16.8. The van der Waals surface area contributed by atoms with Crippen molar-refractivity contribution in [3.8, 4) is 0 Å². The van der Waals surface area contributed by atoms with Gasteiger partial charge in [0.1, 0.15) is 0 Å². The second-order valence-corrected chi connectivity index (χ2v) is 28.9. The van der Waals surface area contributed by atoms with Crippen LogP contribution in [0.5, 0.6) is 0 Å². The van der Waals surface area contributed by atoms with E-state index in [1.54, 1.807) is 0 Å². The molecule has 484 valence electrons. The molecule has 0 bridgehead atoms. The topological polar surface area (TPSA) is 6.48 Å². The summed E-state index contributed by atoms with van der Waals surface area (Å²) in [4.78, 5) is 5.03. The van der Waals surface area contributed by atoms with Gasteiger partial charge in [-0.2, -0.15) is 0 Å². The minimum atomic E-state index is 0.565. The molecule has 0 radical (unpaired) electrons. The molecule has 10 aromatic rings. The average molecular weight is 1260 g/mol. The van der Waals surface area contributed by atoms with Gasteiger partial charge in [0.25, 0.3) is 0 Å². The molecule has 0 atom stereocenters. The highest BCUT2D eigenvalue weighted by Crippen LogP contribution is 2.48. The van der Waals surface area contributed by atoms with Crippen LogP contribution in [0.25, 0.3) is 57.4 Å². The third-order valence-electron chi connectivity index (χ3n) is 22.0. The minimum absolute atomic E-state index is 0.565. The number of allylic oxidation sites excluding steroid dienone is 4. The van der Waals surface area contributed by atoms with E-state index >= 15 is 0 Å². The molecule has 0 amide bonds. The van der Waals surface area contributed by atoms with Crippen molar-refractivity contribution in [3.05, 3.63) is 297 Å². The molecule has 4 aliphatic rings. The smallest absolute Gasteiger partial charge is 0.0541 e. The van der Waals surface area contributed by atoms with Crippen LogP contribution in [0.4, 0.5) is 34.1 Å². The first-order valence-corrected chi connectivity index (χ1v) is 36.9. The molecule has 0 aliphatic heterocycles. The summed E-state index contributed by atoms with van der Waals surface area (Å²) in [6, 6.07) is 88.8. The predicted molar refractivity (Wildman–Crippen MR) is 416 cm³/mol. The van der Waals surface area contributed by atoms with E-state index in [-0.39, 0.29) is 0 Å². The SMILES string of the molecule is Cc1ccc(C(=Cc2ccc(N(c3ccc(C=C(c4ccc(C)cc4)C4CCCCC4)cc3)c3ccc(N(c4ccc(C=C(c5ccc(C)cc5)C5CCCCC5)cc4)c4ccc(C=C(c5ccc(C)cc5)C5CCCCC5)cc4)c4ccccc34)cc2)C2CCCCC2)cc1. The van der Waals surface area contributed by atoms with Crippen LogP contribution in [-0.4, -0.2) is 0 Å². The van der Waals surface area contributed by atoms with Gasteiger partial charge in [-0.3, -0.25) is 0 Å². The quantitative estimate of drug-likeness (QED) is 0.0790. The lowest BCUT2D eigenvalue weighted by Crippen LogP contribution is -2.13. The lowest BCUT2D eigenvalue weighted by molar-refractivity contribution is 0.430. The van der Waals surface area contributed by atoms with Gasteiger partial charge in [-0.05, 0) is 230 Å². The largest absolute Gasteiger partial charge is 0.310 e. The molecule has 0 aromatic heterocycles. The van der Waals surface area contributed by atoms with Crippen LogP contribution in [-0.2, 0) is 0 Å². The van der Waals surface area contributed by atoms with Gasteiger partial charge in [-0.1, -0.05) is 293 Å². The first-order chi connectivity index (χ1) is 47.2. The van der Waals surface area contributed by atoms with Crippen LogP contribution in [0, 0.1) is 51.4 Å². The lowest BCUT2D eigenvalue weighted by atomic mass is 9.80. The number of rotatable bonds is 18. The Morgan fingerprint density at radius 3 is 0.656 bits per heavy atom. The van der Waals surface area contributed by atoms with Gasteiger partial charge >= 0.3 is 0 Å². The molecule has 0 unspecified atom stereocenters. The summed E-state index contributed by atoms with van der Waals surface area (Å²) in [5, 5.41) is 2.38. The van der Waals surface area contributed by atoms with Crippen LogP contribution in [0.2, 0.25) is 0 Å². The van der Waals surface area contributed by atoms with Gasteiger partial charge in [0.2, 0.25) is 0 Å². The fourth-order valence-electron chi connectivity index (χ4n) is 16.5. The summed E-state index contributed by atoms with van der Waals surface area (Å²) in [6.07, 6.45) is 35.8. The van der Waals surface area contributed by atoms with Crippen molar-refractivity contribution in [2.24, 2.45) is 23.7 Å². The highest BCUT2D eigenvalue weighted by Gasteiger charge is 2.26. The minimum Gasteiger partial charge on any atom is -0.310 e. The Bertz CT molecular complexity index is 3800. The second-order valence-electron chi connectivity index (χ2n) is 28.9. The number of hydrogen-bond donors (Lipinski definition) is 0. The summed E-state index contributed by atoms with van der Waals surface area (Å²) < 4.78 is 0. The van der Waals surface area contributed by atoms with E-state index in [4.69, 9.17) is 0 Å². The van der Waals surface area contributed by atoms with E-state index < -0.39 is 0 Å². The molecule has 4 fully saturated rings. The van der Waals surface area contributed by atoms with Gasteiger partial charge in [0.05, 0.1) is 11.4 Å². The van der Waals surface area contributed by atoms with E-state index in [9.17, 15) is 0 Å². The van der Waals surface area contributed by atoms with Crippen molar-refractivity contribution in [2.75, 3.05) is 9.80 Å². The molecule has 4 aliphatic carbocycles. The van der Waals surface area contributed by atoms with Gasteiger partial charge in [-0.25, -0.2) is 0 Å². The number of benzene rings is 10. The highest BCUT2D eigenvalue weighted by molar-refractivity contribution is 6.07. The maximum atomic E-state index is 2.51. The summed E-state index contributed by atoms with van der Waals surface area (Å²) in [6.45, 7) is 8.79. The monoisotopic (exact) mass is 1250 g/mol. The molecule has 14 rings (SSSR count). The number of hydrogen-bond acceptors (Lipinski definition) is 2. The summed E-state index contributed by atoms with van der Waals surface area (Å²) in [7, 11) is 0. The van der Waals surface area contributed by atoms with Crippen molar-refractivity contribution < 1.29 is 0 Å². The Morgan fingerprint density at radius 1 is 0.240 bits per heavy atom. The van der Waals surface area contributed by atoms with Crippen LogP contribution in [0.3, 0.4) is 0 Å². The molecule has 4 saturated carbocycles. The van der Waals surface area contributed by atoms with Crippen molar-refractivity contribution in [1.82, 2.24) is 0 Å². The second kappa shape index (κ2) is 30.4. The predicted octanol–water partition coefficient (Wildman–Crippen LogP) is 27.5. The Balaban J connectivity index is 0.891. The van der Waals surface area contributed by atoms with Crippen molar-refractivity contribution in [1.29, 1.82) is 0 Å². The molecular formula is C94H98N2. The van der Waals surface area contributed by atoms with E-state index in [0.717, 1.165) is 34.1 Å². The van der Waals surface area contributed by atoms with Crippen LogP contribution in [0.15, 0.2) is 231 Å². The van der Waals surface area contributed by atoms with Gasteiger partial charge in [-0.15, -0.1) is 0 Å². The van der Waals surface area contributed by atoms with Crippen molar-refractivity contribution in [3.63, 3.8) is 0 Å². The summed E-state index contributed by atoms with van der Waals surface area (Å²) in [5.74, 6) is 2.26. The van der Waals surface area contributed by atoms with Gasteiger partial charge < -0.3 is 9.80 Å². The maximum Gasteiger partial charge on any atom is 0.0541 e. The highest BCUT2D eigenvalue weighted by atomic mass is 15.2. The first-order valence-electron chi connectivity index (χ1n) is 36.9. The van der Waals surface area contributed by atoms with E-state index in [2.05, 4.69) is 292 Å². The Labute approximate surface area is 574 Å². The van der Waals surface area contributed by atoms with Crippen molar-refractivity contribution in [2.45, 2.75) is 156 Å². The first kappa shape index (κ1) is 64.4. The van der Waals surface area contributed by atoms with Crippen molar-refractivity contribution >= 4 is 91.5 Å². The molecule has 0 heterocycles. The molecular weight excluding hydrogens is 1160 g/mol. The molecule has 2 nitrogen and oxygen atoms in total. The molecule has 2 heteroatoms. The Hall–Kier alpha value is -8.98. The maximum absolute atomic E-state index is 2.51. The Kier molecular flexibility index (Phi) is 20.4. The Morgan fingerprint density at radius 2 is 0.448 bits per heavy atom. The molecule has 0 N–H and O–H groups in total.